The van der Waals surface area contributed by atoms with E-state index in [2.05, 4.69) is 5.32 Å². The number of hydrogen-bond acceptors (Lipinski definition) is 3. The Balaban J connectivity index is 2.37. The van der Waals surface area contributed by atoms with Crippen LogP contribution in [-0.4, -0.2) is 31.4 Å². The smallest absolute Gasteiger partial charge is 0.156 e. The van der Waals surface area contributed by atoms with Crippen molar-refractivity contribution in [2.45, 2.75) is 0 Å². The number of halogens is 2. The lowest BCUT2D eigenvalue weighted by molar-refractivity contribution is 0.276. The fourth-order valence-electron chi connectivity index (χ4n) is 1.05. The number of ether oxygens (including phenoxy) is 1. The molecule has 0 unspecified atom stereocenters. The molecule has 0 atom stereocenters. The molecule has 0 heterocycles. The molecule has 0 aliphatic rings. The van der Waals surface area contributed by atoms with E-state index in [1.165, 1.54) is 0 Å². The molecule has 0 saturated carbocycles. The molecule has 84 valence electrons. The third kappa shape index (κ3) is 4.26. The van der Waals surface area contributed by atoms with Crippen LogP contribution in [0, 0.1) is 0 Å². The Kier molecular flexibility index (Phi) is 5.79. The second-order valence-corrected chi connectivity index (χ2v) is 3.69. The number of nitrogens with one attached hydrogen (secondary N) is 1. The molecule has 0 aromatic heterocycles. The summed E-state index contributed by atoms with van der Waals surface area (Å²) in [5.41, 5.74) is 0. The molecule has 2 N–H and O–H groups in total. The van der Waals surface area contributed by atoms with Crippen LogP contribution < -0.4 is 10.1 Å². The normalized spacial score (nSPS) is 10.3. The first-order chi connectivity index (χ1) is 7.25. The van der Waals surface area contributed by atoms with Crippen LogP contribution in [0.1, 0.15) is 0 Å². The first-order valence-electron chi connectivity index (χ1n) is 4.64. The summed E-state index contributed by atoms with van der Waals surface area (Å²) in [7, 11) is 0. The Morgan fingerprint density at radius 3 is 2.47 bits per heavy atom. The van der Waals surface area contributed by atoms with Gasteiger partial charge in [-0.15, -0.1) is 0 Å². The first kappa shape index (κ1) is 12.6. The van der Waals surface area contributed by atoms with Crippen LogP contribution in [0.4, 0.5) is 0 Å². The summed E-state index contributed by atoms with van der Waals surface area (Å²) in [6.45, 7) is 1.78. The predicted octanol–water partition coefficient (Wildman–Crippen LogP) is 1.95. The van der Waals surface area contributed by atoms with E-state index in [9.17, 15) is 0 Å². The summed E-state index contributed by atoms with van der Waals surface area (Å²) < 4.78 is 5.41. The van der Waals surface area contributed by atoms with Gasteiger partial charge in [0.05, 0.1) is 16.7 Å². The molecular weight excluding hydrogens is 237 g/mol. The maximum absolute atomic E-state index is 8.53. The molecule has 0 bridgehead atoms. The van der Waals surface area contributed by atoms with Crippen molar-refractivity contribution in [3.8, 4) is 5.75 Å². The quantitative estimate of drug-likeness (QED) is 0.758. The van der Waals surface area contributed by atoms with Crippen LogP contribution in [0.2, 0.25) is 10.0 Å². The second-order valence-electron chi connectivity index (χ2n) is 2.87. The zero-order valence-electron chi connectivity index (χ0n) is 8.17. The minimum atomic E-state index is 0.118. The molecule has 0 saturated heterocycles. The minimum absolute atomic E-state index is 0.118. The maximum Gasteiger partial charge on any atom is 0.156 e. The standard InChI is InChI=1S/C10H13Cl2NO2/c11-8-2-1-3-9(12)10(8)15-7-5-13-4-6-14/h1-3,13-14H,4-7H2. The van der Waals surface area contributed by atoms with E-state index >= 15 is 0 Å². The summed E-state index contributed by atoms with van der Waals surface area (Å²) in [5, 5.41) is 12.5. The Labute approximate surface area is 99.0 Å². The average Bonchev–Trinajstić information content (AvgIpc) is 2.21. The van der Waals surface area contributed by atoms with Crippen molar-refractivity contribution in [1.82, 2.24) is 5.32 Å². The van der Waals surface area contributed by atoms with E-state index in [0.29, 0.717) is 35.5 Å². The number of rotatable bonds is 6. The number of para-hydroxylation sites is 1. The fraction of sp³-hybridized carbons (Fsp3) is 0.400. The SMILES string of the molecule is OCCNCCOc1c(Cl)cccc1Cl. The lowest BCUT2D eigenvalue weighted by atomic mass is 10.3. The highest BCUT2D eigenvalue weighted by Crippen LogP contribution is 2.31. The monoisotopic (exact) mass is 249 g/mol. The Morgan fingerprint density at radius 1 is 1.20 bits per heavy atom. The highest BCUT2D eigenvalue weighted by molar-refractivity contribution is 6.37. The Bertz CT molecular complexity index is 287. The van der Waals surface area contributed by atoms with Crippen molar-refractivity contribution < 1.29 is 9.84 Å². The molecule has 5 heteroatoms. The molecule has 0 spiro atoms. The van der Waals surface area contributed by atoms with Gasteiger partial charge in [0.2, 0.25) is 0 Å². The lowest BCUT2D eigenvalue weighted by Crippen LogP contribution is -2.24. The molecular formula is C10H13Cl2NO2. The highest BCUT2D eigenvalue weighted by atomic mass is 35.5. The highest BCUT2D eigenvalue weighted by Gasteiger charge is 2.05. The van der Waals surface area contributed by atoms with Crippen molar-refractivity contribution in [3.63, 3.8) is 0 Å². The van der Waals surface area contributed by atoms with Crippen molar-refractivity contribution in [2.24, 2.45) is 0 Å². The van der Waals surface area contributed by atoms with Gasteiger partial charge >= 0.3 is 0 Å². The Morgan fingerprint density at radius 2 is 1.87 bits per heavy atom. The summed E-state index contributed by atoms with van der Waals surface area (Å²) in [5.74, 6) is 0.506. The zero-order chi connectivity index (χ0) is 11.1. The van der Waals surface area contributed by atoms with Crippen LogP contribution in [0.5, 0.6) is 5.75 Å². The van der Waals surface area contributed by atoms with Gasteiger partial charge < -0.3 is 15.2 Å². The molecule has 1 rings (SSSR count). The largest absolute Gasteiger partial charge is 0.489 e. The molecule has 0 amide bonds. The van der Waals surface area contributed by atoms with Gasteiger partial charge in [0.25, 0.3) is 0 Å². The van der Waals surface area contributed by atoms with Gasteiger partial charge in [-0.05, 0) is 12.1 Å². The predicted molar refractivity (Wildman–Crippen MR) is 61.9 cm³/mol. The third-order valence-electron chi connectivity index (χ3n) is 1.73. The van der Waals surface area contributed by atoms with E-state index in [4.69, 9.17) is 33.0 Å². The topological polar surface area (TPSA) is 41.5 Å². The van der Waals surface area contributed by atoms with Gasteiger partial charge in [0.1, 0.15) is 6.61 Å². The molecule has 1 aromatic rings. The summed E-state index contributed by atoms with van der Waals surface area (Å²) in [6.07, 6.45) is 0. The zero-order valence-corrected chi connectivity index (χ0v) is 9.68. The summed E-state index contributed by atoms with van der Waals surface area (Å²) in [6, 6.07) is 5.22. The van der Waals surface area contributed by atoms with Gasteiger partial charge in [-0.25, -0.2) is 0 Å². The van der Waals surface area contributed by atoms with Crippen LogP contribution in [0.25, 0.3) is 0 Å². The van der Waals surface area contributed by atoms with E-state index in [1.807, 2.05) is 0 Å². The summed E-state index contributed by atoms with van der Waals surface area (Å²) >= 11 is 11.8. The number of aliphatic hydroxyl groups is 1. The molecule has 3 nitrogen and oxygen atoms in total. The van der Waals surface area contributed by atoms with Gasteiger partial charge in [-0.2, -0.15) is 0 Å². The van der Waals surface area contributed by atoms with E-state index in [0.717, 1.165) is 0 Å². The number of aliphatic hydroxyl groups excluding tert-OH is 1. The van der Waals surface area contributed by atoms with Crippen molar-refractivity contribution in [2.75, 3.05) is 26.3 Å². The first-order valence-corrected chi connectivity index (χ1v) is 5.39. The molecule has 0 aliphatic heterocycles. The molecule has 15 heavy (non-hydrogen) atoms. The van der Waals surface area contributed by atoms with Crippen LogP contribution >= 0.6 is 23.2 Å². The Hall–Kier alpha value is -0.480. The van der Waals surface area contributed by atoms with E-state index in [1.54, 1.807) is 18.2 Å². The number of hydrogen-bond donors (Lipinski definition) is 2. The van der Waals surface area contributed by atoms with Gasteiger partial charge in [0.15, 0.2) is 5.75 Å². The number of benzene rings is 1. The average molecular weight is 250 g/mol. The van der Waals surface area contributed by atoms with Crippen molar-refractivity contribution >= 4 is 23.2 Å². The van der Waals surface area contributed by atoms with Crippen LogP contribution in [0.3, 0.4) is 0 Å². The van der Waals surface area contributed by atoms with Crippen molar-refractivity contribution in [3.05, 3.63) is 28.2 Å². The van der Waals surface area contributed by atoms with Gasteiger partial charge in [-0.1, -0.05) is 29.3 Å². The van der Waals surface area contributed by atoms with Gasteiger partial charge in [-0.3, -0.25) is 0 Å². The van der Waals surface area contributed by atoms with Crippen LogP contribution in [-0.2, 0) is 0 Å². The summed E-state index contributed by atoms with van der Waals surface area (Å²) in [4.78, 5) is 0. The molecule has 0 radical (unpaired) electrons. The molecule has 0 aliphatic carbocycles. The van der Waals surface area contributed by atoms with E-state index < -0.39 is 0 Å². The minimum Gasteiger partial charge on any atom is -0.489 e. The maximum atomic E-state index is 8.53. The van der Waals surface area contributed by atoms with E-state index in [-0.39, 0.29) is 6.61 Å². The molecule has 1 aromatic carbocycles. The lowest BCUT2D eigenvalue weighted by Gasteiger charge is -2.09. The van der Waals surface area contributed by atoms with Crippen molar-refractivity contribution in [1.29, 1.82) is 0 Å². The molecule has 0 fully saturated rings. The second kappa shape index (κ2) is 6.90. The third-order valence-corrected chi connectivity index (χ3v) is 2.33. The fourth-order valence-corrected chi connectivity index (χ4v) is 1.56. The van der Waals surface area contributed by atoms with Gasteiger partial charge in [0, 0.05) is 13.1 Å². The van der Waals surface area contributed by atoms with Crippen LogP contribution in [0.15, 0.2) is 18.2 Å².